The van der Waals surface area contributed by atoms with Gasteiger partial charge in [-0.1, -0.05) is 24.3 Å². The molecule has 0 aliphatic carbocycles. The Bertz CT molecular complexity index is 494. The molecule has 0 unspecified atom stereocenters. The summed E-state index contributed by atoms with van der Waals surface area (Å²) < 4.78 is 11.0. The maximum absolute atomic E-state index is 5.78. The largest absolute Gasteiger partial charge is 0.493 e. The molecule has 0 bridgehead atoms. The molecule has 0 saturated heterocycles. The fraction of sp³-hybridized carbons (Fsp3) is 0.200. The van der Waals surface area contributed by atoms with Gasteiger partial charge >= 0.3 is 0 Å². The van der Waals surface area contributed by atoms with E-state index in [1.807, 2.05) is 48.5 Å². The molecule has 94 valence electrons. The maximum Gasteiger partial charge on any atom is 0.169 e. The molecule has 0 radical (unpaired) electrons. The molecule has 2 aromatic carbocycles. The highest BCUT2D eigenvalue weighted by molar-refractivity contribution is 5.42. The van der Waals surface area contributed by atoms with Crippen molar-refractivity contribution in [3.05, 3.63) is 54.1 Å². The van der Waals surface area contributed by atoms with E-state index in [0.29, 0.717) is 12.3 Å². The number of nitrogens with two attached hydrogens (primary N) is 1. The molecule has 0 heterocycles. The van der Waals surface area contributed by atoms with Gasteiger partial charge in [0, 0.05) is 0 Å². The second kappa shape index (κ2) is 6.07. The van der Waals surface area contributed by atoms with Crippen molar-refractivity contribution in [3.8, 4) is 17.2 Å². The van der Waals surface area contributed by atoms with Crippen molar-refractivity contribution >= 4 is 0 Å². The third-order valence-electron chi connectivity index (χ3n) is 2.65. The van der Waals surface area contributed by atoms with Crippen LogP contribution >= 0.6 is 0 Å². The van der Waals surface area contributed by atoms with Gasteiger partial charge in [-0.15, -0.1) is 0 Å². The van der Waals surface area contributed by atoms with E-state index in [2.05, 4.69) is 0 Å². The van der Waals surface area contributed by atoms with Crippen molar-refractivity contribution in [2.24, 2.45) is 5.73 Å². The molecular weight excluding hydrogens is 226 g/mol. The number of rotatable bonds is 5. The lowest BCUT2D eigenvalue weighted by atomic mass is 10.1. The highest BCUT2D eigenvalue weighted by Crippen LogP contribution is 2.30. The van der Waals surface area contributed by atoms with E-state index in [0.717, 1.165) is 17.9 Å². The molecule has 2 aromatic rings. The van der Waals surface area contributed by atoms with Gasteiger partial charge in [0.1, 0.15) is 5.75 Å². The Morgan fingerprint density at radius 1 is 0.944 bits per heavy atom. The maximum atomic E-state index is 5.78. The summed E-state index contributed by atoms with van der Waals surface area (Å²) in [4.78, 5) is 0. The fourth-order valence-corrected chi connectivity index (χ4v) is 1.72. The van der Waals surface area contributed by atoms with Crippen LogP contribution in [0, 0.1) is 0 Å². The number of benzene rings is 2. The Kier molecular flexibility index (Phi) is 4.20. The van der Waals surface area contributed by atoms with Gasteiger partial charge in [0.25, 0.3) is 0 Å². The van der Waals surface area contributed by atoms with Crippen LogP contribution in [0.2, 0.25) is 0 Å². The van der Waals surface area contributed by atoms with Crippen molar-refractivity contribution in [2.45, 2.75) is 6.42 Å². The minimum absolute atomic E-state index is 0.659. The van der Waals surface area contributed by atoms with Crippen LogP contribution in [-0.4, -0.2) is 13.7 Å². The summed E-state index contributed by atoms with van der Waals surface area (Å²) in [6, 6.07) is 15.5. The topological polar surface area (TPSA) is 44.5 Å². The second-order valence-corrected chi connectivity index (χ2v) is 3.94. The molecule has 0 fully saturated rings. The second-order valence-electron chi connectivity index (χ2n) is 3.94. The number of para-hydroxylation sites is 2. The third kappa shape index (κ3) is 3.02. The third-order valence-corrected chi connectivity index (χ3v) is 2.65. The average molecular weight is 243 g/mol. The lowest BCUT2D eigenvalue weighted by Gasteiger charge is -2.10. The molecule has 0 amide bonds. The van der Waals surface area contributed by atoms with Crippen LogP contribution in [0.4, 0.5) is 0 Å². The minimum Gasteiger partial charge on any atom is -0.493 e. The Morgan fingerprint density at radius 3 is 2.22 bits per heavy atom. The molecule has 3 heteroatoms. The zero-order chi connectivity index (χ0) is 12.8. The summed E-state index contributed by atoms with van der Waals surface area (Å²) >= 11 is 0. The number of hydrogen-bond acceptors (Lipinski definition) is 3. The van der Waals surface area contributed by atoms with E-state index in [-0.39, 0.29) is 0 Å². The number of hydrogen-bond donors (Lipinski definition) is 1. The zero-order valence-electron chi connectivity index (χ0n) is 10.4. The lowest BCUT2D eigenvalue weighted by molar-refractivity contribution is 0.379. The Balaban J connectivity index is 2.13. The van der Waals surface area contributed by atoms with E-state index < -0.39 is 0 Å². The summed E-state index contributed by atoms with van der Waals surface area (Å²) in [6.07, 6.45) is 0.884. The van der Waals surface area contributed by atoms with Gasteiger partial charge in [0.15, 0.2) is 11.5 Å². The first-order valence-corrected chi connectivity index (χ1v) is 5.93. The molecule has 0 aliphatic rings. The molecule has 0 saturated carbocycles. The predicted octanol–water partition coefficient (Wildman–Crippen LogP) is 2.99. The van der Waals surface area contributed by atoms with Gasteiger partial charge in [0.2, 0.25) is 0 Å². The standard InChI is InChI=1S/C15H17NO2/c1-17-14-4-2-3-5-15(14)18-13-8-6-12(7-9-13)10-11-16/h2-9H,10-11,16H2,1H3. The van der Waals surface area contributed by atoms with Crippen LogP contribution in [0.25, 0.3) is 0 Å². The summed E-state index contributed by atoms with van der Waals surface area (Å²) in [7, 11) is 1.63. The van der Waals surface area contributed by atoms with Crippen LogP contribution in [0.5, 0.6) is 17.2 Å². The summed E-state index contributed by atoms with van der Waals surface area (Å²) in [6.45, 7) is 0.659. The van der Waals surface area contributed by atoms with E-state index in [4.69, 9.17) is 15.2 Å². The first-order chi connectivity index (χ1) is 8.83. The molecule has 2 rings (SSSR count). The smallest absolute Gasteiger partial charge is 0.169 e. The van der Waals surface area contributed by atoms with Crippen molar-refractivity contribution in [1.82, 2.24) is 0 Å². The molecule has 3 nitrogen and oxygen atoms in total. The predicted molar refractivity (Wildman–Crippen MR) is 72.3 cm³/mol. The highest BCUT2D eigenvalue weighted by Gasteiger charge is 2.03. The van der Waals surface area contributed by atoms with Crippen LogP contribution in [0.1, 0.15) is 5.56 Å². The Hall–Kier alpha value is -2.00. The summed E-state index contributed by atoms with van der Waals surface area (Å²) in [5.74, 6) is 2.23. The van der Waals surface area contributed by atoms with Crippen LogP contribution in [0.15, 0.2) is 48.5 Å². The summed E-state index contributed by atoms with van der Waals surface area (Å²) in [5, 5.41) is 0. The Labute approximate surface area is 107 Å². The lowest BCUT2D eigenvalue weighted by Crippen LogP contribution is -2.02. The van der Waals surface area contributed by atoms with Crippen molar-refractivity contribution in [1.29, 1.82) is 0 Å². The first kappa shape index (κ1) is 12.5. The SMILES string of the molecule is COc1ccccc1Oc1ccc(CCN)cc1. The molecule has 2 N–H and O–H groups in total. The van der Waals surface area contributed by atoms with Crippen molar-refractivity contribution < 1.29 is 9.47 Å². The van der Waals surface area contributed by atoms with Crippen LogP contribution in [0.3, 0.4) is 0 Å². The van der Waals surface area contributed by atoms with E-state index in [1.165, 1.54) is 5.56 Å². The molecule has 18 heavy (non-hydrogen) atoms. The van der Waals surface area contributed by atoms with E-state index in [1.54, 1.807) is 7.11 Å². The zero-order valence-corrected chi connectivity index (χ0v) is 10.4. The van der Waals surface area contributed by atoms with Gasteiger partial charge in [0.05, 0.1) is 7.11 Å². The molecule has 0 spiro atoms. The minimum atomic E-state index is 0.659. The van der Waals surface area contributed by atoms with Crippen LogP contribution < -0.4 is 15.2 Å². The fourth-order valence-electron chi connectivity index (χ4n) is 1.72. The van der Waals surface area contributed by atoms with E-state index in [9.17, 15) is 0 Å². The Morgan fingerprint density at radius 2 is 1.61 bits per heavy atom. The quantitative estimate of drug-likeness (QED) is 0.878. The van der Waals surface area contributed by atoms with Gasteiger partial charge in [-0.25, -0.2) is 0 Å². The van der Waals surface area contributed by atoms with Gasteiger partial charge in [-0.3, -0.25) is 0 Å². The van der Waals surface area contributed by atoms with Crippen molar-refractivity contribution in [3.63, 3.8) is 0 Å². The van der Waals surface area contributed by atoms with Crippen molar-refractivity contribution in [2.75, 3.05) is 13.7 Å². The first-order valence-electron chi connectivity index (χ1n) is 5.93. The molecular formula is C15H17NO2. The molecule has 0 aromatic heterocycles. The normalized spacial score (nSPS) is 10.1. The summed E-state index contributed by atoms with van der Waals surface area (Å²) in [5.41, 5.74) is 6.73. The van der Waals surface area contributed by atoms with Crippen LogP contribution in [-0.2, 0) is 6.42 Å². The molecule has 0 aliphatic heterocycles. The van der Waals surface area contributed by atoms with Gasteiger partial charge < -0.3 is 15.2 Å². The highest BCUT2D eigenvalue weighted by atomic mass is 16.5. The average Bonchev–Trinajstić information content (AvgIpc) is 2.42. The monoisotopic (exact) mass is 243 g/mol. The number of methoxy groups -OCH3 is 1. The van der Waals surface area contributed by atoms with Gasteiger partial charge in [-0.2, -0.15) is 0 Å². The number of ether oxygens (including phenoxy) is 2. The molecule has 0 atom stereocenters. The van der Waals surface area contributed by atoms with E-state index >= 15 is 0 Å². The van der Waals surface area contributed by atoms with Gasteiger partial charge in [-0.05, 0) is 42.8 Å².